The van der Waals surface area contributed by atoms with Crippen molar-refractivity contribution in [3.63, 3.8) is 0 Å². The number of rotatable bonds is 0. The third kappa shape index (κ3) is 0.680. The van der Waals surface area contributed by atoms with Gasteiger partial charge in [0.05, 0.1) is 0 Å². The maximum Gasteiger partial charge on any atom is 0.269 e. The zero-order chi connectivity index (χ0) is 7.89. The minimum atomic E-state index is -1.85. The lowest BCUT2D eigenvalue weighted by Crippen LogP contribution is -2.27. The van der Waals surface area contributed by atoms with Gasteiger partial charge >= 0.3 is 0 Å². The highest BCUT2D eigenvalue weighted by molar-refractivity contribution is 6.69. The van der Waals surface area contributed by atoms with E-state index in [4.69, 9.17) is 10.2 Å². The standard InChI is InChI=1S/C5H4O5/c6-1-2(7)4(9)5(10)3(1)8/h1-2,6-7H. The summed E-state index contributed by atoms with van der Waals surface area (Å²) in [6.45, 7) is 0. The van der Waals surface area contributed by atoms with Crippen molar-refractivity contribution in [2.45, 2.75) is 12.2 Å². The van der Waals surface area contributed by atoms with E-state index < -0.39 is 29.6 Å². The molecule has 0 aliphatic heterocycles. The van der Waals surface area contributed by atoms with Crippen LogP contribution in [0.4, 0.5) is 0 Å². The molecular weight excluding hydrogens is 140 g/mol. The van der Waals surface area contributed by atoms with Crippen molar-refractivity contribution >= 4 is 17.3 Å². The molecule has 0 aromatic carbocycles. The topological polar surface area (TPSA) is 91.7 Å². The maximum absolute atomic E-state index is 10.3. The minimum Gasteiger partial charge on any atom is -0.382 e. The van der Waals surface area contributed by atoms with Gasteiger partial charge < -0.3 is 10.2 Å². The van der Waals surface area contributed by atoms with Crippen molar-refractivity contribution < 1.29 is 24.6 Å². The van der Waals surface area contributed by atoms with Crippen LogP contribution >= 0.6 is 0 Å². The average Bonchev–Trinajstić information content (AvgIpc) is 2.07. The first-order chi connectivity index (χ1) is 4.55. The summed E-state index contributed by atoms with van der Waals surface area (Å²) < 4.78 is 0. The van der Waals surface area contributed by atoms with Gasteiger partial charge in [0.15, 0.2) is 12.2 Å². The quantitative estimate of drug-likeness (QED) is 0.364. The van der Waals surface area contributed by atoms with Crippen LogP contribution < -0.4 is 0 Å². The van der Waals surface area contributed by atoms with Crippen LogP contribution in [-0.2, 0) is 14.4 Å². The largest absolute Gasteiger partial charge is 0.382 e. The lowest BCUT2D eigenvalue weighted by molar-refractivity contribution is -0.141. The molecule has 1 saturated carbocycles. The molecule has 0 aromatic rings. The molecular formula is C5H4O5. The molecule has 1 aliphatic carbocycles. The Morgan fingerprint density at radius 3 is 1.30 bits per heavy atom. The van der Waals surface area contributed by atoms with E-state index in [9.17, 15) is 14.4 Å². The molecule has 1 fully saturated rings. The molecule has 0 radical (unpaired) electrons. The highest BCUT2D eigenvalue weighted by Crippen LogP contribution is 2.07. The van der Waals surface area contributed by atoms with Gasteiger partial charge in [-0.25, -0.2) is 0 Å². The third-order valence-electron chi connectivity index (χ3n) is 1.28. The molecule has 0 aromatic heterocycles. The molecule has 0 bridgehead atoms. The van der Waals surface area contributed by atoms with E-state index >= 15 is 0 Å². The van der Waals surface area contributed by atoms with E-state index in [1.807, 2.05) is 0 Å². The molecule has 1 aliphatic rings. The summed E-state index contributed by atoms with van der Waals surface area (Å²) in [5, 5.41) is 17.1. The molecule has 5 heteroatoms. The molecule has 2 unspecified atom stereocenters. The van der Waals surface area contributed by atoms with E-state index in [1.165, 1.54) is 0 Å². The fourth-order valence-electron chi connectivity index (χ4n) is 0.677. The van der Waals surface area contributed by atoms with Gasteiger partial charge in [-0.15, -0.1) is 0 Å². The number of aliphatic hydroxyl groups excluding tert-OH is 2. The van der Waals surface area contributed by atoms with Crippen molar-refractivity contribution in [2.24, 2.45) is 0 Å². The van der Waals surface area contributed by atoms with Crippen molar-refractivity contribution in [3.05, 3.63) is 0 Å². The van der Waals surface area contributed by atoms with Gasteiger partial charge in [0.25, 0.3) is 5.78 Å². The van der Waals surface area contributed by atoms with Gasteiger partial charge in [0, 0.05) is 0 Å². The van der Waals surface area contributed by atoms with E-state index in [0.717, 1.165) is 0 Å². The number of aliphatic hydroxyl groups is 2. The summed E-state index contributed by atoms with van der Waals surface area (Å²) in [5.74, 6) is -3.77. The Labute approximate surface area is 55.3 Å². The summed E-state index contributed by atoms with van der Waals surface area (Å²) in [4.78, 5) is 31.0. The van der Waals surface area contributed by atoms with Crippen LogP contribution in [0.25, 0.3) is 0 Å². The number of carbonyl (C=O) groups excluding carboxylic acids is 3. The summed E-state index contributed by atoms with van der Waals surface area (Å²) >= 11 is 0. The second-order valence-corrected chi connectivity index (χ2v) is 1.95. The highest BCUT2D eigenvalue weighted by Gasteiger charge is 2.47. The van der Waals surface area contributed by atoms with E-state index in [-0.39, 0.29) is 0 Å². The fraction of sp³-hybridized carbons (Fsp3) is 0.400. The van der Waals surface area contributed by atoms with Crippen LogP contribution in [0.15, 0.2) is 0 Å². The van der Waals surface area contributed by atoms with Crippen molar-refractivity contribution in [3.8, 4) is 0 Å². The molecule has 5 nitrogen and oxygen atoms in total. The molecule has 0 amide bonds. The Morgan fingerprint density at radius 2 is 1.20 bits per heavy atom. The Bertz CT molecular complexity index is 196. The maximum atomic E-state index is 10.3. The summed E-state index contributed by atoms with van der Waals surface area (Å²) in [5.41, 5.74) is 0. The van der Waals surface area contributed by atoms with Crippen LogP contribution in [0.1, 0.15) is 0 Å². The van der Waals surface area contributed by atoms with Gasteiger partial charge in [-0.05, 0) is 0 Å². The van der Waals surface area contributed by atoms with Crippen LogP contribution in [0.5, 0.6) is 0 Å². The van der Waals surface area contributed by atoms with Crippen LogP contribution in [0.3, 0.4) is 0 Å². The zero-order valence-electron chi connectivity index (χ0n) is 4.77. The number of hydrogen-bond acceptors (Lipinski definition) is 5. The van der Waals surface area contributed by atoms with Gasteiger partial charge in [-0.1, -0.05) is 0 Å². The van der Waals surface area contributed by atoms with Crippen LogP contribution in [0.2, 0.25) is 0 Å². The summed E-state index contributed by atoms with van der Waals surface area (Å²) in [7, 11) is 0. The number of Topliss-reactive ketones (excluding diaryl/α,β-unsaturated/α-hetero) is 3. The number of ketones is 3. The fourth-order valence-corrected chi connectivity index (χ4v) is 0.677. The van der Waals surface area contributed by atoms with Gasteiger partial charge in [0.1, 0.15) is 0 Å². The SMILES string of the molecule is O=C1C(=O)C(O)C(O)C1=O. The van der Waals surface area contributed by atoms with Crippen LogP contribution in [-0.4, -0.2) is 39.8 Å². The lowest BCUT2D eigenvalue weighted by Gasteiger charge is -1.99. The van der Waals surface area contributed by atoms with Gasteiger partial charge in [-0.2, -0.15) is 0 Å². The lowest BCUT2D eigenvalue weighted by atomic mass is 10.2. The molecule has 0 heterocycles. The monoisotopic (exact) mass is 144 g/mol. The molecule has 2 N–H and O–H groups in total. The molecule has 2 atom stereocenters. The van der Waals surface area contributed by atoms with Gasteiger partial charge in [0.2, 0.25) is 11.6 Å². The first-order valence-electron chi connectivity index (χ1n) is 2.54. The second kappa shape index (κ2) is 1.96. The molecule has 1 rings (SSSR count). The third-order valence-corrected chi connectivity index (χ3v) is 1.28. The normalized spacial score (nSPS) is 33.6. The Kier molecular flexibility index (Phi) is 1.38. The van der Waals surface area contributed by atoms with E-state index in [2.05, 4.69) is 0 Å². The predicted molar refractivity (Wildman–Crippen MR) is 27.0 cm³/mol. The Balaban J connectivity index is 3.00. The second-order valence-electron chi connectivity index (χ2n) is 1.95. The highest BCUT2D eigenvalue weighted by atomic mass is 16.4. The summed E-state index contributed by atoms with van der Waals surface area (Å²) in [6.07, 6.45) is -3.69. The molecule has 54 valence electrons. The minimum absolute atomic E-state index is 1.22. The summed E-state index contributed by atoms with van der Waals surface area (Å²) in [6, 6.07) is 0. The first-order valence-corrected chi connectivity index (χ1v) is 2.54. The number of carbonyl (C=O) groups is 3. The number of hydrogen-bond donors (Lipinski definition) is 2. The van der Waals surface area contributed by atoms with Crippen molar-refractivity contribution in [1.82, 2.24) is 0 Å². The van der Waals surface area contributed by atoms with Crippen LogP contribution in [0, 0.1) is 0 Å². The van der Waals surface area contributed by atoms with Crippen molar-refractivity contribution in [2.75, 3.05) is 0 Å². The molecule has 10 heavy (non-hydrogen) atoms. The molecule has 0 spiro atoms. The van der Waals surface area contributed by atoms with E-state index in [0.29, 0.717) is 0 Å². The van der Waals surface area contributed by atoms with E-state index in [1.54, 1.807) is 0 Å². The average molecular weight is 144 g/mol. The smallest absolute Gasteiger partial charge is 0.269 e. The van der Waals surface area contributed by atoms with Gasteiger partial charge in [-0.3, -0.25) is 14.4 Å². The predicted octanol–water partition coefficient (Wildman–Crippen LogP) is -2.57. The zero-order valence-corrected chi connectivity index (χ0v) is 4.77. The molecule has 0 saturated heterocycles. The van der Waals surface area contributed by atoms with Crippen molar-refractivity contribution in [1.29, 1.82) is 0 Å². The first kappa shape index (κ1) is 7.04. The Hall–Kier alpha value is -1.07. The Morgan fingerprint density at radius 1 is 0.900 bits per heavy atom.